The minimum Gasteiger partial charge on any atom is -0.393 e. The molecule has 19 heavy (non-hydrogen) atoms. The van der Waals surface area contributed by atoms with Crippen LogP contribution in [0.2, 0.25) is 0 Å². The Morgan fingerprint density at radius 2 is 2.11 bits per heavy atom. The summed E-state index contributed by atoms with van der Waals surface area (Å²) < 4.78 is 19.3. The smallest absolute Gasteiger partial charge is 0.282 e. The van der Waals surface area contributed by atoms with E-state index in [2.05, 4.69) is 0 Å². The van der Waals surface area contributed by atoms with Gasteiger partial charge in [0.15, 0.2) is 5.83 Å². The topological polar surface area (TPSA) is 49.8 Å². The predicted octanol–water partition coefficient (Wildman–Crippen LogP) is 1.64. The number of hydrogen-bond donors (Lipinski definition) is 1. The van der Waals surface area contributed by atoms with Crippen molar-refractivity contribution in [3.63, 3.8) is 0 Å². The fourth-order valence-corrected chi connectivity index (χ4v) is 2.99. The summed E-state index contributed by atoms with van der Waals surface area (Å²) in [4.78, 5) is 13.7. The lowest BCUT2D eigenvalue weighted by atomic mass is 9.94. The summed E-state index contributed by atoms with van der Waals surface area (Å²) in [5, 5.41) is 9.99. The summed E-state index contributed by atoms with van der Waals surface area (Å²) in [6.07, 6.45) is 2.18. The van der Waals surface area contributed by atoms with Gasteiger partial charge in [0.05, 0.1) is 25.4 Å². The van der Waals surface area contributed by atoms with E-state index in [1.165, 1.54) is 0 Å². The van der Waals surface area contributed by atoms with Gasteiger partial charge in [-0.2, -0.15) is 0 Å². The first kappa shape index (κ1) is 14.5. The SMILES string of the molecule is CC(C)=C(F)C(=O)N1CCOC[C@@H]1[C@H]1CCC[C@@H]1O. The largest absolute Gasteiger partial charge is 0.393 e. The quantitative estimate of drug-likeness (QED) is 0.777. The molecule has 0 aromatic rings. The van der Waals surface area contributed by atoms with Gasteiger partial charge in [-0.05, 0) is 32.3 Å². The van der Waals surface area contributed by atoms with Crippen molar-refractivity contribution in [2.45, 2.75) is 45.3 Å². The van der Waals surface area contributed by atoms with Crippen LogP contribution >= 0.6 is 0 Å². The van der Waals surface area contributed by atoms with Gasteiger partial charge in [-0.25, -0.2) is 4.39 Å². The molecule has 5 heteroatoms. The van der Waals surface area contributed by atoms with E-state index in [1.807, 2.05) is 0 Å². The number of hydrogen-bond acceptors (Lipinski definition) is 3. The third-order valence-corrected chi connectivity index (χ3v) is 4.08. The molecule has 0 unspecified atom stereocenters. The van der Waals surface area contributed by atoms with Gasteiger partial charge in [0.2, 0.25) is 0 Å². The Morgan fingerprint density at radius 1 is 1.37 bits per heavy atom. The fraction of sp³-hybridized carbons (Fsp3) is 0.786. The zero-order valence-electron chi connectivity index (χ0n) is 11.6. The minimum atomic E-state index is -0.681. The average molecular weight is 271 g/mol. The van der Waals surface area contributed by atoms with Gasteiger partial charge >= 0.3 is 0 Å². The number of carbonyl (C=O) groups excluding carboxylic acids is 1. The Morgan fingerprint density at radius 3 is 2.68 bits per heavy atom. The number of amides is 1. The lowest BCUT2D eigenvalue weighted by molar-refractivity contribution is -0.141. The van der Waals surface area contributed by atoms with Gasteiger partial charge < -0.3 is 14.7 Å². The number of nitrogens with zero attached hydrogens (tertiary/aromatic N) is 1. The van der Waals surface area contributed by atoms with Crippen LogP contribution in [-0.2, 0) is 9.53 Å². The molecule has 0 aromatic heterocycles. The van der Waals surface area contributed by atoms with Crippen LogP contribution in [0.25, 0.3) is 0 Å². The maximum absolute atomic E-state index is 13.8. The van der Waals surface area contributed by atoms with E-state index < -0.39 is 17.8 Å². The lowest BCUT2D eigenvalue weighted by Gasteiger charge is -2.39. The van der Waals surface area contributed by atoms with Crippen LogP contribution in [0.3, 0.4) is 0 Å². The van der Waals surface area contributed by atoms with Crippen molar-refractivity contribution in [2.24, 2.45) is 5.92 Å². The van der Waals surface area contributed by atoms with Crippen molar-refractivity contribution in [3.8, 4) is 0 Å². The molecule has 0 bridgehead atoms. The van der Waals surface area contributed by atoms with Crippen LogP contribution in [0.5, 0.6) is 0 Å². The highest BCUT2D eigenvalue weighted by molar-refractivity contribution is 5.92. The van der Waals surface area contributed by atoms with Gasteiger partial charge in [0.1, 0.15) is 0 Å². The Balaban J connectivity index is 2.16. The van der Waals surface area contributed by atoms with Gasteiger partial charge in [0.25, 0.3) is 5.91 Å². The molecule has 2 rings (SSSR count). The highest BCUT2D eigenvalue weighted by Gasteiger charge is 2.40. The van der Waals surface area contributed by atoms with E-state index in [9.17, 15) is 14.3 Å². The molecule has 2 aliphatic rings. The lowest BCUT2D eigenvalue weighted by Crippen LogP contribution is -2.53. The van der Waals surface area contributed by atoms with Crippen LogP contribution in [0.15, 0.2) is 11.4 Å². The van der Waals surface area contributed by atoms with Crippen LogP contribution in [0.1, 0.15) is 33.1 Å². The van der Waals surface area contributed by atoms with Gasteiger partial charge in [-0.1, -0.05) is 6.42 Å². The first-order valence-electron chi connectivity index (χ1n) is 6.92. The highest BCUT2D eigenvalue weighted by Crippen LogP contribution is 2.33. The number of allylic oxidation sites excluding steroid dienone is 1. The van der Waals surface area contributed by atoms with Gasteiger partial charge in [-0.15, -0.1) is 0 Å². The molecule has 1 amide bonds. The molecule has 2 fully saturated rings. The Kier molecular flexibility index (Phi) is 4.58. The molecule has 0 radical (unpaired) electrons. The summed E-state index contributed by atoms with van der Waals surface area (Å²) in [5.74, 6) is -1.24. The monoisotopic (exact) mass is 271 g/mol. The number of aliphatic hydroxyl groups is 1. The number of ether oxygens (including phenoxy) is 1. The molecule has 0 spiro atoms. The van der Waals surface area contributed by atoms with Crippen LogP contribution in [0.4, 0.5) is 4.39 Å². The molecule has 1 aliphatic heterocycles. The second-order valence-corrected chi connectivity index (χ2v) is 5.62. The molecule has 1 saturated carbocycles. The van der Waals surface area contributed by atoms with Crippen molar-refractivity contribution in [3.05, 3.63) is 11.4 Å². The Bertz CT molecular complexity index is 379. The normalized spacial score (nSPS) is 31.4. The van der Waals surface area contributed by atoms with Crippen LogP contribution in [0, 0.1) is 5.92 Å². The first-order valence-corrected chi connectivity index (χ1v) is 6.92. The van der Waals surface area contributed by atoms with E-state index in [-0.39, 0.29) is 12.0 Å². The van der Waals surface area contributed by atoms with E-state index in [0.29, 0.717) is 25.3 Å². The number of carbonyl (C=O) groups is 1. The average Bonchev–Trinajstić information content (AvgIpc) is 2.83. The standard InChI is InChI=1S/C14H22FNO3/c1-9(2)13(15)14(18)16-6-7-19-8-11(16)10-4-3-5-12(10)17/h10-12,17H,3-8H2,1-2H3/t10-,11-,12+/m1/s1. The van der Waals surface area contributed by atoms with Crippen molar-refractivity contribution >= 4 is 5.91 Å². The highest BCUT2D eigenvalue weighted by atomic mass is 19.1. The second kappa shape index (κ2) is 6.01. The third-order valence-electron chi connectivity index (χ3n) is 4.08. The zero-order valence-corrected chi connectivity index (χ0v) is 11.6. The zero-order chi connectivity index (χ0) is 14.0. The fourth-order valence-electron chi connectivity index (χ4n) is 2.99. The summed E-state index contributed by atoms with van der Waals surface area (Å²) in [7, 11) is 0. The molecule has 1 aliphatic carbocycles. The molecule has 3 atom stereocenters. The molecule has 1 heterocycles. The molecule has 4 nitrogen and oxygen atoms in total. The molecule has 1 saturated heterocycles. The summed E-state index contributed by atoms with van der Waals surface area (Å²) in [6.45, 7) is 4.40. The summed E-state index contributed by atoms with van der Waals surface area (Å²) in [6, 6.07) is -0.205. The Hall–Kier alpha value is -0.940. The number of aliphatic hydroxyl groups excluding tert-OH is 1. The van der Waals surface area contributed by atoms with Crippen molar-refractivity contribution in [1.29, 1.82) is 0 Å². The van der Waals surface area contributed by atoms with E-state index in [0.717, 1.165) is 19.3 Å². The number of halogens is 1. The first-order chi connectivity index (χ1) is 9.02. The van der Waals surface area contributed by atoms with E-state index in [1.54, 1.807) is 18.7 Å². The number of rotatable bonds is 2. The third kappa shape index (κ3) is 2.98. The summed E-state index contributed by atoms with van der Waals surface area (Å²) >= 11 is 0. The predicted molar refractivity (Wildman–Crippen MR) is 69.1 cm³/mol. The van der Waals surface area contributed by atoms with Crippen molar-refractivity contribution in [2.75, 3.05) is 19.8 Å². The second-order valence-electron chi connectivity index (χ2n) is 5.62. The van der Waals surface area contributed by atoms with E-state index >= 15 is 0 Å². The number of morpholine rings is 1. The maximum atomic E-state index is 13.8. The maximum Gasteiger partial charge on any atom is 0.282 e. The minimum absolute atomic E-state index is 0.00853. The van der Waals surface area contributed by atoms with Crippen LogP contribution < -0.4 is 0 Å². The van der Waals surface area contributed by atoms with Crippen molar-refractivity contribution in [1.82, 2.24) is 4.90 Å². The molecule has 0 aromatic carbocycles. The molecule has 108 valence electrons. The van der Waals surface area contributed by atoms with Gasteiger partial charge in [0, 0.05) is 12.5 Å². The molecular weight excluding hydrogens is 249 g/mol. The van der Waals surface area contributed by atoms with E-state index in [4.69, 9.17) is 4.74 Å². The van der Waals surface area contributed by atoms with Crippen LogP contribution in [-0.4, -0.2) is 47.8 Å². The van der Waals surface area contributed by atoms with Gasteiger partial charge in [-0.3, -0.25) is 4.79 Å². The Labute approximate surface area is 113 Å². The van der Waals surface area contributed by atoms with Crippen molar-refractivity contribution < 1.29 is 19.0 Å². The molecule has 1 N–H and O–H groups in total. The summed E-state index contributed by atoms with van der Waals surface area (Å²) in [5.41, 5.74) is 0.391. The molecular formula is C14H22FNO3.